The minimum atomic E-state index is -3.75. The minimum Gasteiger partial charge on any atom is -0.491 e. The molecule has 0 atom stereocenters. The normalized spacial score (nSPS) is 11.3. The molecule has 0 saturated heterocycles. The highest BCUT2D eigenvalue weighted by Crippen LogP contribution is 2.27. The molecule has 0 spiro atoms. The van der Waals surface area contributed by atoms with E-state index in [0.29, 0.717) is 22.8 Å². The molecule has 9 heteroatoms. The van der Waals surface area contributed by atoms with Crippen molar-refractivity contribution >= 4 is 27.8 Å². The van der Waals surface area contributed by atoms with Crippen LogP contribution in [-0.2, 0) is 14.8 Å². The Labute approximate surface area is 210 Å². The molecule has 0 aliphatic heterocycles. The van der Waals surface area contributed by atoms with Crippen molar-refractivity contribution in [3.8, 4) is 17.2 Å². The number of benzene rings is 3. The summed E-state index contributed by atoms with van der Waals surface area (Å²) in [5, 5.41) is 0. The molecule has 0 heterocycles. The van der Waals surface area contributed by atoms with E-state index < -0.39 is 16.0 Å². The maximum absolute atomic E-state index is 12.6. The molecule has 3 aromatic carbocycles. The number of aryl methyl sites for hydroxylation is 1. The Morgan fingerprint density at radius 2 is 1.54 bits per heavy atom. The quantitative estimate of drug-likeness (QED) is 0.207. The summed E-state index contributed by atoms with van der Waals surface area (Å²) in [4.78, 5) is 12.9. The summed E-state index contributed by atoms with van der Waals surface area (Å²) < 4.78 is 44.0. The maximum Gasteiger partial charge on any atom is 0.338 e. The average Bonchev–Trinajstić information content (AvgIpc) is 2.83. The van der Waals surface area contributed by atoms with Crippen LogP contribution >= 0.6 is 11.8 Å². The van der Waals surface area contributed by atoms with Crippen molar-refractivity contribution in [1.82, 2.24) is 4.72 Å². The molecular formula is C26H29NO6S2. The van der Waals surface area contributed by atoms with Gasteiger partial charge in [-0.05, 0) is 87.0 Å². The molecule has 0 aromatic heterocycles. The number of esters is 1. The van der Waals surface area contributed by atoms with Gasteiger partial charge in [0.2, 0.25) is 10.0 Å². The summed E-state index contributed by atoms with van der Waals surface area (Å²) in [5.74, 6) is 2.17. The second-order valence-corrected chi connectivity index (χ2v) is 10.9. The zero-order chi connectivity index (χ0) is 25.4. The first-order chi connectivity index (χ1) is 16.7. The van der Waals surface area contributed by atoms with Gasteiger partial charge in [-0.15, -0.1) is 11.8 Å². The Morgan fingerprint density at radius 1 is 0.943 bits per heavy atom. The van der Waals surface area contributed by atoms with E-state index in [-0.39, 0.29) is 23.1 Å². The van der Waals surface area contributed by atoms with Crippen LogP contribution in [0.1, 0.15) is 29.8 Å². The van der Waals surface area contributed by atoms with E-state index in [4.69, 9.17) is 14.2 Å². The monoisotopic (exact) mass is 515 g/mol. The van der Waals surface area contributed by atoms with Crippen LogP contribution in [0.5, 0.6) is 17.2 Å². The SMILES string of the molecule is COC(=O)c1cc(S(=O)(=O)NCCSc2ccc(Oc3ccc(OC(C)C)cc3)cc2)ccc1C. The summed E-state index contributed by atoms with van der Waals surface area (Å²) in [6, 6.07) is 19.4. The Hall–Kier alpha value is -3.01. The molecule has 0 unspecified atom stereocenters. The number of rotatable bonds is 11. The van der Waals surface area contributed by atoms with Gasteiger partial charge >= 0.3 is 5.97 Å². The van der Waals surface area contributed by atoms with Crippen molar-refractivity contribution < 1.29 is 27.4 Å². The summed E-state index contributed by atoms with van der Waals surface area (Å²) in [7, 11) is -2.49. The molecule has 0 saturated carbocycles. The summed E-state index contributed by atoms with van der Waals surface area (Å²) in [5.41, 5.74) is 0.878. The van der Waals surface area contributed by atoms with Gasteiger partial charge in [-0.25, -0.2) is 17.9 Å². The Balaban J connectivity index is 1.50. The second-order valence-electron chi connectivity index (χ2n) is 7.93. The first-order valence-electron chi connectivity index (χ1n) is 11.0. The summed E-state index contributed by atoms with van der Waals surface area (Å²) >= 11 is 1.52. The molecule has 0 radical (unpaired) electrons. The molecular weight excluding hydrogens is 486 g/mol. The molecule has 0 aliphatic rings. The lowest BCUT2D eigenvalue weighted by Crippen LogP contribution is -2.26. The van der Waals surface area contributed by atoms with Gasteiger partial charge in [0.05, 0.1) is 23.7 Å². The zero-order valence-electron chi connectivity index (χ0n) is 20.1. The molecule has 35 heavy (non-hydrogen) atoms. The Bertz CT molecular complexity index is 1240. The average molecular weight is 516 g/mol. The van der Waals surface area contributed by atoms with Crippen LogP contribution in [0.3, 0.4) is 0 Å². The first-order valence-corrected chi connectivity index (χ1v) is 13.5. The number of sulfonamides is 1. The standard InChI is InChI=1S/C26H29NO6S2/c1-18(2)32-20-6-8-21(9-7-20)33-22-10-12-23(13-11-22)34-16-15-27-35(29,30)24-14-5-19(3)25(17-24)26(28)31-4/h5-14,17-18,27H,15-16H2,1-4H3. The van der Waals surface area contributed by atoms with Crippen molar-refractivity contribution in [3.63, 3.8) is 0 Å². The third-order valence-corrected chi connectivity index (χ3v) is 7.31. The van der Waals surface area contributed by atoms with Gasteiger partial charge in [0, 0.05) is 17.2 Å². The van der Waals surface area contributed by atoms with Gasteiger partial charge in [-0.2, -0.15) is 0 Å². The fourth-order valence-electron chi connectivity index (χ4n) is 3.12. The number of carbonyl (C=O) groups is 1. The fraction of sp³-hybridized carbons (Fsp3) is 0.269. The van der Waals surface area contributed by atoms with Gasteiger partial charge < -0.3 is 14.2 Å². The maximum atomic E-state index is 12.6. The molecule has 0 fully saturated rings. The number of thioether (sulfide) groups is 1. The minimum absolute atomic E-state index is 0.0267. The van der Waals surface area contributed by atoms with Crippen LogP contribution in [0.2, 0.25) is 0 Å². The molecule has 1 N–H and O–H groups in total. The molecule has 186 valence electrons. The van der Waals surface area contributed by atoms with Crippen molar-refractivity contribution in [1.29, 1.82) is 0 Å². The molecule has 3 rings (SSSR count). The van der Waals surface area contributed by atoms with Crippen LogP contribution in [-0.4, -0.2) is 39.9 Å². The van der Waals surface area contributed by atoms with Crippen LogP contribution < -0.4 is 14.2 Å². The Morgan fingerprint density at radius 3 is 2.14 bits per heavy atom. The van der Waals surface area contributed by atoms with Gasteiger partial charge in [0.15, 0.2) is 0 Å². The van der Waals surface area contributed by atoms with Crippen molar-refractivity contribution in [2.45, 2.75) is 36.7 Å². The van der Waals surface area contributed by atoms with E-state index in [1.54, 1.807) is 13.0 Å². The number of hydrogen-bond acceptors (Lipinski definition) is 7. The highest BCUT2D eigenvalue weighted by Gasteiger charge is 2.18. The largest absolute Gasteiger partial charge is 0.491 e. The zero-order valence-corrected chi connectivity index (χ0v) is 21.7. The molecule has 0 aliphatic carbocycles. The van der Waals surface area contributed by atoms with E-state index >= 15 is 0 Å². The smallest absolute Gasteiger partial charge is 0.338 e. The van der Waals surface area contributed by atoms with Crippen LogP contribution in [0.25, 0.3) is 0 Å². The van der Waals surface area contributed by atoms with Gasteiger partial charge in [-0.1, -0.05) is 6.07 Å². The summed E-state index contributed by atoms with van der Waals surface area (Å²) in [6.07, 6.45) is 0.115. The lowest BCUT2D eigenvalue weighted by atomic mass is 10.1. The third kappa shape index (κ3) is 7.74. The molecule has 0 bridgehead atoms. The Kier molecular flexibility index (Phi) is 9.20. The van der Waals surface area contributed by atoms with E-state index in [1.165, 1.54) is 31.0 Å². The number of hydrogen-bond donors (Lipinski definition) is 1. The van der Waals surface area contributed by atoms with Crippen LogP contribution in [0.15, 0.2) is 76.5 Å². The van der Waals surface area contributed by atoms with E-state index in [2.05, 4.69) is 4.72 Å². The fourth-order valence-corrected chi connectivity index (χ4v) is 5.08. The van der Waals surface area contributed by atoms with Gasteiger partial charge in [-0.3, -0.25) is 0 Å². The van der Waals surface area contributed by atoms with Gasteiger partial charge in [0.25, 0.3) is 0 Å². The van der Waals surface area contributed by atoms with Crippen LogP contribution in [0.4, 0.5) is 0 Å². The lowest BCUT2D eigenvalue weighted by Gasteiger charge is -2.11. The van der Waals surface area contributed by atoms with Crippen molar-refractivity contribution in [2.75, 3.05) is 19.4 Å². The van der Waals surface area contributed by atoms with Gasteiger partial charge in [0.1, 0.15) is 17.2 Å². The number of nitrogens with one attached hydrogen (secondary N) is 1. The lowest BCUT2D eigenvalue weighted by molar-refractivity contribution is 0.0599. The predicted octanol–water partition coefficient (Wildman–Crippen LogP) is 5.43. The highest BCUT2D eigenvalue weighted by atomic mass is 32.2. The van der Waals surface area contributed by atoms with E-state index in [1.807, 2.05) is 62.4 Å². The highest BCUT2D eigenvalue weighted by molar-refractivity contribution is 7.99. The predicted molar refractivity (Wildman–Crippen MR) is 137 cm³/mol. The molecule has 0 amide bonds. The molecule has 7 nitrogen and oxygen atoms in total. The van der Waals surface area contributed by atoms with Crippen molar-refractivity contribution in [2.24, 2.45) is 0 Å². The topological polar surface area (TPSA) is 90.9 Å². The third-order valence-electron chi connectivity index (χ3n) is 4.84. The van der Waals surface area contributed by atoms with Crippen LogP contribution in [0, 0.1) is 6.92 Å². The number of ether oxygens (including phenoxy) is 3. The second kappa shape index (κ2) is 12.1. The van der Waals surface area contributed by atoms with E-state index in [9.17, 15) is 13.2 Å². The first kappa shape index (κ1) is 26.6. The molecule has 3 aromatic rings. The van der Waals surface area contributed by atoms with Crippen molar-refractivity contribution in [3.05, 3.63) is 77.9 Å². The van der Waals surface area contributed by atoms with E-state index in [0.717, 1.165) is 10.6 Å². The number of carbonyl (C=O) groups excluding carboxylic acids is 1. The summed E-state index contributed by atoms with van der Waals surface area (Å²) in [6.45, 7) is 5.91. The number of methoxy groups -OCH3 is 1.